The second-order valence-electron chi connectivity index (χ2n) is 6.46. The number of carboxylic acid groups (broad SMARTS) is 1. The molecule has 1 aliphatic heterocycles. The van der Waals surface area contributed by atoms with E-state index in [0.717, 1.165) is 22.0 Å². The van der Waals surface area contributed by atoms with E-state index in [1.807, 2.05) is 0 Å². The van der Waals surface area contributed by atoms with Crippen LogP contribution in [0.4, 0.5) is 0 Å². The molecule has 1 atom stereocenters. The number of pyridine rings is 1. The maximum absolute atomic E-state index is 12.8. The number of thiocarbonyl (C=S) groups is 1. The van der Waals surface area contributed by atoms with Crippen LogP contribution in [0.25, 0.3) is 17.0 Å². The van der Waals surface area contributed by atoms with Crippen LogP contribution in [0.2, 0.25) is 5.02 Å². The highest BCUT2D eigenvalue weighted by molar-refractivity contribution is 8.26. The lowest BCUT2D eigenvalue weighted by Gasteiger charge is -2.26. The van der Waals surface area contributed by atoms with Gasteiger partial charge in [0.05, 0.1) is 22.7 Å². The number of carbonyl (C=O) groups is 2. The fourth-order valence-electron chi connectivity index (χ4n) is 2.97. The van der Waals surface area contributed by atoms with Crippen molar-refractivity contribution in [1.82, 2.24) is 9.88 Å². The fourth-order valence-corrected chi connectivity index (χ4v) is 4.49. The number of amides is 1. The normalized spacial score (nSPS) is 17.0. The van der Waals surface area contributed by atoms with Crippen molar-refractivity contribution in [2.75, 3.05) is 7.11 Å². The monoisotopic (exact) mass is 436 g/mol. The molecule has 0 radical (unpaired) electrons. The highest BCUT2D eigenvalue weighted by Gasteiger charge is 2.41. The van der Waals surface area contributed by atoms with Gasteiger partial charge in [-0.15, -0.1) is 0 Å². The first-order valence-corrected chi connectivity index (χ1v) is 9.98. The third kappa shape index (κ3) is 3.72. The van der Waals surface area contributed by atoms with Crippen LogP contribution in [0.3, 0.4) is 0 Å². The van der Waals surface area contributed by atoms with Crippen molar-refractivity contribution in [1.29, 1.82) is 0 Å². The number of thioether (sulfide) groups is 1. The molecule has 1 fully saturated rings. The van der Waals surface area contributed by atoms with Crippen LogP contribution in [0, 0.1) is 5.92 Å². The maximum Gasteiger partial charge on any atom is 0.327 e. The molecule has 2 heterocycles. The zero-order valence-corrected chi connectivity index (χ0v) is 17.7. The molecular weight excluding hydrogens is 420 g/mol. The van der Waals surface area contributed by atoms with Gasteiger partial charge >= 0.3 is 5.97 Å². The molecule has 1 saturated heterocycles. The third-order valence-corrected chi connectivity index (χ3v) is 5.93. The summed E-state index contributed by atoms with van der Waals surface area (Å²) in [7, 11) is 1.54. The predicted octanol–water partition coefficient (Wildman–Crippen LogP) is 4.21. The molecule has 0 spiro atoms. The molecule has 28 heavy (non-hydrogen) atoms. The van der Waals surface area contributed by atoms with Crippen molar-refractivity contribution < 1.29 is 19.4 Å². The van der Waals surface area contributed by atoms with Gasteiger partial charge in [0, 0.05) is 5.39 Å². The first kappa shape index (κ1) is 20.6. The van der Waals surface area contributed by atoms with E-state index < -0.39 is 17.9 Å². The minimum Gasteiger partial charge on any atom is -0.494 e. The molecule has 1 aromatic heterocycles. The predicted molar refractivity (Wildman–Crippen MR) is 115 cm³/mol. The molecule has 1 N–H and O–H groups in total. The lowest BCUT2D eigenvalue weighted by molar-refractivity contribution is -0.146. The Hall–Kier alpha value is -2.16. The molecule has 146 valence electrons. The number of methoxy groups -OCH3 is 1. The summed E-state index contributed by atoms with van der Waals surface area (Å²) in [5.41, 5.74) is 1.09. The highest BCUT2D eigenvalue weighted by atomic mass is 35.5. The second kappa shape index (κ2) is 8.06. The largest absolute Gasteiger partial charge is 0.494 e. The Bertz CT molecular complexity index is 1020. The van der Waals surface area contributed by atoms with E-state index in [0.29, 0.717) is 26.9 Å². The standard InChI is InChI=1S/C19H17ClN2O4S2/c1-9(2)16(18(24)25)22-17(23)14(28-19(22)27)8-10-4-5-11-12(20)6-7-13(26-3)15(11)21-10/h4-9,16H,1-3H3,(H,24,25)/b14-8-/t16-/m1/s1. The van der Waals surface area contributed by atoms with Gasteiger partial charge in [0.2, 0.25) is 0 Å². The van der Waals surface area contributed by atoms with Crippen molar-refractivity contribution in [3.8, 4) is 5.75 Å². The molecule has 1 aromatic carbocycles. The molecule has 0 aliphatic carbocycles. The average molecular weight is 437 g/mol. The van der Waals surface area contributed by atoms with Crippen molar-refractivity contribution >= 4 is 68.8 Å². The summed E-state index contributed by atoms with van der Waals surface area (Å²) in [5.74, 6) is -1.25. The Kier molecular flexibility index (Phi) is 5.92. The van der Waals surface area contributed by atoms with Crippen LogP contribution >= 0.6 is 35.6 Å². The first-order valence-electron chi connectivity index (χ1n) is 8.37. The summed E-state index contributed by atoms with van der Waals surface area (Å²) in [6, 6.07) is 5.97. The Balaban J connectivity index is 2.01. The number of hydrogen-bond donors (Lipinski definition) is 1. The van der Waals surface area contributed by atoms with Crippen molar-refractivity contribution in [3.63, 3.8) is 0 Å². The number of halogens is 1. The average Bonchev–Trinajstić information content (AvgIpc) is 2.89. The molecular formula is C19H17ClN2O4S2. The molecule has 1 amide bonds. The van der Waals surface area contributed by atoms with Crippen LogP contribution in [0.5, 0.6) is 5.75 Å². The molecule has 3 rings (SSSR count). The number of aromatic nitrogens is 1. The van der Waals surface area contributed by atoms with Gasteiger partial charge in [0.1, 0.15) is 21.6 Å². The van der Waals surface area contributed by atoms with Gasteiger partial charge in [0.15, 0.2) is 0 Å². The van der Waals surface area contributed by atoms with Gasteiger partial charge in [0.25, 0.3) is 5.91 Å². The Morgan fingerprint density at radius 3 is 2.68 bits per heavy atom. The minimum absolute atomic E-state index is 0.221. The topological polar surface area (TPSA) is 79.7 Å². The first-order chi connectivity index (χ1) is 13.2. The summed E-state index contributed by atoms with van der Waals surface area (Å²) in [5, 5.41) is 10.8. The minimum atomic E-state index is -1.09. The van der Waals surface area contributed by atoms with Crippen LogP contribution in [0.15, 0.2) is 29.2 Å². The number of carbonyl (C=O) groups excluding carboxylic acids is 1. The SMILES string of the molecule is COc1ccc(Cl)c2ccc(/C=C3\SC(=S)N([C@@H](C(=O)O)C(C)C)C3=O)nc12. The molecule has 0 unspecified atom stereocenters. The van der Waals surface area contributed by atoms with E-state index >= 15 is 0 Å². The van der Waals surface area contributed by atoms with Gasteiger partial charge in [-0.3, -0.25) is 9.69 Å². The van der Waals surface area contributed by atoms with Crippen molar-refractivity contribution in [2.24, 2.45) is 5.92 Å². The van der Waals surface area contributed by atoms with Gasteiger partial charge in [-0.2, -0.15) is 0 Å². The summed E-state index contributed by atoms with van der Waals surface area (Å²) < 4.78 is 5.56. The maximum atomic E-state index is 12.8. The number of nitrogens with zero attached hydrogens (tertiary/aromatic N) is 2. The number of carboxylic acids is 1. The Labute approximate surface area is 176 Å². The van der Waals surface area contributed by atoms with Crippen LogP contribution in [-0.2, 0) is 9.59 Å². The van der Waals surface area contributed by atoms with Crippen molar-refractivity contribution in [2.45, 2.75) is 19.9 Å². The molecule has 9 heteroatoms. The lowest BCUT2D eigenvalue weighted by atomic mass is 10.0. The zero-order chi connectivity index (χ0) is 20.6. The summed E-state index contributed by atoms with van der Waals surface area (Å²) in [6.07, 6.45) is 1.60. The van der Waals surface area contributed by atoms with Gasteiger partial charge in [-0.1, -0.05) is 49.4 Å². The van der Waals surface area contributed by atoms with Crippen LogP contribution in [0.1, 0.15) is 19.5 Å². The Morgan fingerprint density at radius 1 is 1.36 bits per heavy atom. The van der Waals surface area contributed by atoms with Crippen molar-refractivity contribution in [3.05, 3.63) is 39.9 Å². The fraction of sp³-hybridized carbons (Fsp3) is 0.263. The number of hydrogen-bond acceptors (Lipinski definition) is 6. The summed E-state index contributed by atoms with van der Waals surface area (Å²) >= 11 is 12.5. The molecule has 0 saturated carbocycles. The summed E-state index contributed by atoms with van der Waals surface area (Å²) in [6.45, 7) is 3.48. The van der Waals surface area contributed by atoms with Crippen LogP contribution < -0.4 is 4.74 Å². The van der Waals surface area contributed by atoms with Crippen LogP contribution in [-0.4, -0.2) is 44.3 Å². The number of fused-ring (bicyclic) bond motifs is 1. The molecule has 2 aromatic rings. The zero-order valence-electron chi connectivity index (χ0n) is 15.3. The number of rotatable bonds is 5. The van der Waals surface area contributed by atoms with E-state index in [1.165, 1.54) is 0 Å². The second-order valence-corrected chi connectivity index (χ2v) is 8.54. The smallest absolute Gasteiger partial charge is 0.327 e. The van der Waals surface area contributed by atoms with E-state index in [4.69, 9.17) is 28.6 Å². The number of benzene rings is 1. The summed E-state index contributed by atoms with van der Waals surface area (Å²) in [4.78, 5) is 30.5. The number of ether oxygens (including phenoxy) is 1. The van der Waals surface area contributed by atoms with E-state index in [9.17, 15) is 14.7 Å². The third-order valence-electron chi connectivity index (χ3n) is 4.27. The van der Waals surface area contributed by atoms with E-state index in [2.05, 4.69) is 4.98 Å². The Morgan fingerprint density at radius 2 is 2.07 bits per heavy atom. The quantitative estimate of drug-likeness (QED) is 0.555. The van der Waals surface area contributed by atoms with E-state index in [-0.39, 0.29) is 10.2 Å². The van der Waals surface area contributed by atoms with Gasteiger partial charge in [-0.05, 0) is 36.3 Å². The van der Waals surface area contributed by atoms with Gasteiger partial charge in [-0.25, -0.2) is 9.78 Å². The molecule has 1 aliphatic rings. The van der Waals surface area contributed by atoms with Gasteiger partial charge < -0.3 is 9.84 Å². The highest BCUT2D eigenvalue weighted by Crippen LogP contribution is 2.36. The van der Waals surface area contributed by atoms with E-state index in [1.54, 1.807) is 51.3 Å². The number of aliphatic carboxylic acids is 1. The molecule has 6 nitrogen and oxygen atoms in total. The molecule has 0 bridgehead atoms. The lowest BCUT2D eigenvalue weighted by Crippen LogP contribution is -2.47.